The van der Waals surface area contributed by atoms with Crippen LogP contribution in [-0.4, -0.2) is 18.5 Å². The Kier molecular flexibility index (Phi) is 5.93. The zero-order valence-corrected chi connectivity index (χ0v) is 16.7. The minimum atomic E-state index is -5.82. The van der Waals surface area contributed by atoms with E-state index < -0.39 is 52.9 Å². The van der Waals surface area contributed by atoms with Crippen LogP contribution in [0.5, 0.6) is 0 Å². The Morgan fingerprint density at radius 3 is 1.47 bits per heavy atom. The Bertz CT molecular complexity index is 1010. The summed E-state index contributed by atoms with van der Waals surface area (Å²) in [5.41, 5.74) is -6.42. The first kappa shape index (κ1) is 24.5. The Morgan fingerprint density at radius 2 is 1.09 bits per heavy atom. The van der Waals surface area contributed by atoms with Crippen LogP contribution < -0.4 is 0 Å². The van der Waals surface area contributed by atoms with E-state index in [9.17, 15) is 39.5 Å². The molecule has 3 rings (SSSR count). The van der Waals surface area contributed by atoms with Crippen LogP contribution in [0.15, 0.2) is 60.4 Å². The predicted molar refractivity (Wildman–Crippen MR) is 94.7 cm³/mol. The number of alkyl halides is 9. The van der Waals surface area contributed by atoms with Crippen molar-refractivity contribution in [1.29, 1.82) is 0 Å². The Balaban J connectivity index is 2.40. The second kappa shape index (κ2) is 7.74. The first-order valence-corrected chi connectivity index (χ1v) is 9.12. The second-order valence-corrected chi connectivity index (χ2v) is 7.43. The van der Waals surface area contributed by atoms with E-state index >= 15 is 0 Å². The third kappa shape index (κ3) is 4.13. The Morgan fingerprint density at radius 1 is 0.656 bits per heavy atom. The van der Waals surface area contributed by atoms with Gasteiger partial charge in [-0.1, -0.05) is 47.5 Å². The molecule has 0 amide bonds. The highest BCUT2D eigenvalue weighted by atomic mass is 35.5. The lowest BCUT2D eigenvalue weighted by Crippen LogP contribution is -2.49. The number of hydrogen-bond donors (Lipinski definition) is 0. The van der Waals surface area contributed by atoms with E-state index in [0.29, 0.717) is 24.3 Å². The van der Waals surface area contributed by atoms with E-state index in [2.05, 4.69) is 9.47 Å². The monoisotopic (exact) mass is 510 g/mol. The van der Waals surface area contributed by atoms with Gasteiger partial charge in [0.1, 0.15) is 0 Å². The minimum Gasteiger partial charge on any atom is -0.450 e. The molecule has 0 spiro atoms. The standard InChI is InChI=1S/C19H9Cl2F9O2/c20-12-5-1-10(2-6-12)16(18(25,26)27)14(9-15(22,23)24)31-17(32-16,19(28,29)30)11-3-7-13(21)8-4-11/h1-9H/b14-9-. The Hall–Kier alpha value is -2.11. The molecule has 1 aliphatic heterocycles. The van der Waals surface area contributed by atoms with Crippen molar-refractivity contribution in [3.05, 3.63) is 81.5 Å². The molecule has 0 N–H and O–H groups in total. The highest BCUT2D eigenvalue weighted by Crippen LogP contribution is 2.62. The van der Waals surface area contributed by atoms with Crippen LogP contribution in [0, 0.1) is 0 Å². The third-order valence-electron chi connectivity index (χ3n) is 4.44. The maximum atomic E-state index is 14.3. The van der Waals surface area contributed by atoms with Gasteiger partial charge in [0.05, 0.1) is 6.08 Å². The average molecular weight is 511 g/mol. The maximum absolute atomic E-state index is 14.3. The van der Waals surface area contributed by atoms with Gasteiger partial charge in [0.25, 0.3) is 0 Å². The van der Waals surface area contributed by atoms with Crippen LogP contribution in [0.2, 0.25) is 10.0 Å². The third-order valence-corrected chi connectivity index (χ3v) is 4.94. The maximum Gasteiger partial charge on any atom is 0.460 e. The first-order valence-electron chi connectivity index (χ1n) is 8.37. The molecule has 32 heavy (non-hydrogen) atoms. The number of ether oxygens (including phenoxy) is 2. The second-order valence-electron chi connectivity index (χ2n) is 6.56. The van der Waals surface area contributed by atoms with Crippen molar-refractivity contribution in [2.45, 2.75) is 29.9 Å². The lowest BCUT2D eigenvalue weighted by atomic mass is 9.90. The van der Waals surface area contributed by atoms with Gasteiger partial charge in [-0.05, 0) is 24.3 Å². The van der Waals surface area contributed by atoms with E-state index in [-0.39, 0.29) is 10.0 Å². The zero-order chi connectivity index (χ0) is 24.2. The summed E-state index contributed by atoms with van der Waals surface area (Å²) in [6.07, 6.45) is -18.1. The normalized spacial score (nSPS) is 25.8. The van der Waals surface area contributed by atoms with Crippen LogP contribution in [0.4, 0.5) is 39.5 Å². The van der Waals surface area contributed by atoms with Gasteiger partial charge in [-0.2, -0.15) is 39.5 Å². The molecule has 2 aromatic rings. The van der Waals surface area contributed by atoms with Crippen molar-refractivity contribution in [2.24, 2.45) is 0 Å². The van der Waals surface area contributed by atoms with E-state index in [1.54, 1.807) is 0 Å². The minimum absolute atomic E-state index is 0.0880. The molecule has 0 aromatic heterocycles. The topological polar surface area (TPSA) is 18.5 Å². The largest absolute Gasteiger partial charge is 0.460 e. The number of hydrogen-bond acceptors (Lipinski definition) is 2. The molecule has 2 aromatic carbocycles. The van der Waals surface area contributed by atoms with Gasteiger partial charge in [-0.15, -0.1) is 0 Å². The van der Waals surface area contributed by atoms with Gasteiger partial charge in [0, 0.05) is 21.2 Å². The van der Waals surface area contributed by atoms with Crippen molar-refractivity contribution in [3.8, 4) is 0 Å². The smallest absolute Gasteiger partial charge is 0.450 e. The molecule has 0 bridgehead atoms. The van der Waals surface area contributed by atoms with Crippen molar-refractivity contribution in [1.82, 2.24) is 0 Å². The van der Waals surface area contributed by atoms with Gasteiger partial charge < -0.3 is 9.47 Å². The van der Waals surface area contributed by atoms with Crippen LogP contribution in [-0.2, 0) is 20.9 Å². The fourth-order valence-electron chi connectivity index (χ4n) is 3.11. The van der Waals surface area contributed by atoms with Crippen LogP contribution in [0.1, 0.15) is 11.1 Å². The molecular formula is C19H9Cl2F9O2. The number of rotatable bonds is 2. The number of allylic oxidation sites excluding steroid dienone is 1. The van der Waals surface area contributed by atoms with Gasteiger partial charge in [0.15, 0.2) is 5.76 Å². The molecule has 2 nitrogen and oxygen atoms in total. The van der Waals surface area contributed by atoms with Gasteiger partial charge in [-0.25, -0.2) is 0 Å². The quantitative estimate of drug-likeness (QED) is 0.386. The van der Waals surface area contributed by atoms with Crippen LogP contribution in [0.3, 0.4) is 0 Å². The van der Waals surface area contributed by atoms with E-state index in [0.717, 1.165) is 24.3 Å². The summed E-state index contributed by atoms with van der Waals surface area (Å²) in [7, 11) is 0. The molecule has 1 heterocycles. The van der Waals surface area contributed by atoms with E-state index in [1.807, 2.05) is 0 Å². The van der Waals surface area contributed by atoms with Gasteiger partial charge in [0.2, 0.25) is 5.60 Å². The van der Waals surface area contributed by atoms with Crippen molar-refractivity contribution in [2.75, 3.05) is 0 Å². The predicted octanol–water partition coefficient (Wildman–Crippen LogP) is 7.66. The van der Waals surface area contributed by atoms with Gasteiger partial charge >= 0.3 is 24.3 Å². The fourth-order valence-corrected chi connectivity index (χ4v) is 3.36. The molecule has 0 saturated carbocycles. The van der Waals surface area contributed by atoms with E-state index in [4.69, 9.17) is 23.2 Å². The molecule has 1 saturated heterocycles. The fraction of sp³-hybridized carbons (Fsp3) is 0.263. The molecule has 2 unspecified atom stereocenters. The molecule has 1 fully saturated rings. The van der Waals surface area contributed by atoms with Crippen LogP contribution in [0.25, 0.3) is 0 Å². The highest BCUT2D eigenvalue weighted by Gasteiger charge is 2.77. The SMILES string of the molecule is FC(F)(F)/C=C1\OC(c2ccc(Cl)cc2)(C(F)(F)F)OC1(c1ccc(Cl)cc1)C(F)(F)F. The summed E-state index contributed by atoms with van der Waals surface area (Å²) in [4.78, 5) is 0. The lowest BCUT2D eigenvalue weighted by Gasteiger charge is -2.34. The number of benzene rings is 2. The highest BCUT2D eigenvalue weighted by molar-refractivity contribution is 6.30. The molecule has 0 radical (unpaired) electrons. The molecule has 13 heteroatoms. The van der Waals surface area contributed by atoms with Crippen molar-refractivity contribution >= 4 is 23.2 Å². The summed E-state index contributed by atoms with van der Waals surface area (Å²) in [6, 6.07) is 5.95. The summed E-state index contributed by atoms with van der Waals surface area (Å²) < 4.78 is 134. The van der Waals surface area contributed by atoms with Gasteiger partial charge in [-0.3, -0.25) is 0 Å². The molecule has 0 aliphatic carbocycles. The van der Waals surface area contributed by atoms with Crippen LogP contribution >= 0.6 is 23.2 Å². The first-order chi connectivity index (χ1) is 14.5. The van der Waals surface area contributed by atoms with Crippen molar-refractivity contribution < 1.29 is 49.0 Å². The molecular weight excluding hydrogens is 502 g/mol. The van der Waals surface area contributed by atoms with Crippen molar-refractivity contribution in [3.63, 3.8) is 0 Å². The zero-order valence-electron chi connectivity index (χ0n) is 15.2. The average Bonchev–Trinajstić information content (AvgIpc) is 2.98. The summed E-state index contributed by atoms with van der Waals surface area (Å²) in [5.74, 6) is -6.38. The molecule has 2 atom stereocenters. The molecule has 174 valence electrons. The summed E-state index contributed by atoms with van der Waals surface area (Å²) in [5, 5.41) is -0.207. The summed E-state index contributed by atoms with van der Waals surface area (Å²) >= 11 is 11.2. The lowest BCUT2D eigenvalue weighted by molar-refractivity contribution is -0.386. The summed E-state index contributed by atoms with van der Waals surface area (Å²) in [6.45, 7) is 0. The Labute approximate surface area is 184 Å². The molecule has 1 aliphatic rings. The van der Waals surface area contributed by atoms with E-state index in [1.165, 1.54) is 0 Å². The number of halogens is 11.